The molecule has 4 rings (SSSR count). The third-order valence-electron chi connectivity index (χ3n) is 5.10. The molecule has 1 saturated carbocycles. The van der Waals surface area contributed by atoms with E-state index in [0.717, 1.165) is 18.5 Å². The first-order valence-electron chi connectivity index (χ1n) is 8.57. The molecule has 0 unspecified atom stereocenters. The largest absolute Gasteiger partial charge is 0.339 e. The van der Waals surface area contributed by atoms with Gasteiger partial charge in [0.15, 0.2) is 0 Å². The maximum atomic E-state index is 12.7. The fourth-order valence-electron chi connectivity index (χ4n) is 3.64. The number of likely N-dealkylation sites (tertiary alicyclic amines) is 1. The molecule has 0 spiro atoms. The number of benzene rings is 1. The fraction of sp³-hybridized carbons (Fsp3) is 0.500. The van der Waals surface area contributed by atoms with E-state index in [2.05, 4.69) is 0 Å². The topological polar surface area (TPSA) is 60.9 Å². The molecule has 0 radical (unpaired) electrons. The predicted octanol–water partition coefficient (Wildman–Crippen LogP) is 0.873. The van der Waals surface area contributed by atoms with Crippen molar-refractivity contribution in [2.24, 2.45) is 5.92 Å². The molecule has 126 valence electrons. The van der Waals surface area contributed by atoms with E-state index in [4.69, 9.17) is 0 Å². The van der Waals surface area contributed by atoms with Crippen LogP contribution < -0.4 is 4.90 Å². The van der Waals surface area contributed by atoms with Crippen LogP contribution in [0, 0.1) is 5.92 Å². The highest BCUT2D eigenvalue weighted by Gasteiger charge is 2.43. The molecule has 2 saturated heterocycles. The van der Waals surface area contributed by atoms with E-state index in [1.165, 1.54) is 0 Å². The molecule has 1 aliphatic carbocycles. The summed E-state index contributed by atoms with van der Waals surface area (Å²) in [6, 6.07) is 9.87. The SMILES string of the molecule is O=C([C@H]1CC(=O)N(C2CC2)C1)N1CCN(c2ccccc2)C(=O)C1. The molecule has 2 heterocycles. The van der Waals surface area contributed by atoms with Gasteiger partial charge in [-0.15, -0.1) is 0 Å². The average molecular weight is 327 g/mol. The number of nitrogens with zero attached hydrogens (tertiary/aromatic N) is 3. The Labute approximate surface area is 141 Å². The summed E-state index contributed by atoms with van der Waals surface area (Å²) in [7, 11) is 0. The third kappa shape index (κ3) is 2.77. The Balaban J connectivity index is 1.39. The van der Waals surface area contributed by atoms with Crippen LogP contribution in [0.4, 0.5) is 5.69 Å². The zero-order valence-electron chi connectivity index (χ0n) is 13.6. The van der Waals surface area contributed by atoms with E-state index in [-0.39, 0.29) is 30.2 Å². The molecule has 1 aromatic rings. The van der Waals surface area contributed by atoms with Gasteiger partial charge in [-0.05, 0) is 25.0 Å². The number of carbonyl (C=O) groups is 3. The maximum Gasteiger partial charge on any atom is 0.246 e. The highest BCUT2D eigenvalue weighted by molar-refractivity contribution is 5.99. The van der Waals surface area contributed by atoms with Gasteiger partial charge in [0.05, 0.1) is 5.92 Å². The van der Waals surface area contributed by atoms with Gasteiger partial charge in [0.2, 0.25) is 17.7 Å². The quantitative estimate of drug-likeness (QED) is 0.828. The average Bonchev–Trinajstić information content (AvgIpc) is 3.37. The van der Waals surface area contributed by atoms with Crippen molar-refractivity contribution in [3.05, 3.63) is 30.3 Å². The summed E-state index contributed by atoms with van der Waals surface area (Å²) in [6.45, 7) is 1.65. The molecule has 0 bridgehead atoms. The molecule has 2 aliphatic heterocycles. The minimum Gasteiger partial charge on any atom is -0.339 e. The van der Waals surface area contributed by atoms with E-state index < -0.39 is 0 Å². The van der Waals surface area contributed by atoms with Crippen LogP contribution in [-0.2, 0) is 14.4 Å². The number of rotatable bonds is 3. The second kappa shape index (κ2) is 5.92. The zero-order valence-corrected chi connectivity index (χ0v) is 13.6. The first-order valence-corrected chi connectivity index (χ1v) is 8.57. The summed E-state index contributed by atoms with van der Waals surface area (Å²) in [5.41, 5.74) is 0.866. The number of carbonyl (C=O) groups excluding carboxylic acids is 3. The summed E-state index contributed by atoms with van der Waals surface area (Å²) in [4.78, 5) is 42.4. The van der Waals surface area contributed by atoms with E-state index in [1.807, 2.05) is 35.2 Å². The molecule has 1 atom stereocenters. The molecule has 6 nitrogen and oxygen atoms in total. The first-order chi connectivity index (χ1) is 11.6. The number of para-hydroxylation sites is 1. The summed E-state index contributed by atoms with van der Waals surface area (Å²) < 4.78 is 0. The van der Waals surface area contributed by atoms with Crippen molar-refractivity contribution >= 4 is 23.4 Å². The lowest BCUT2D eigenvalue weighted by Crippen LogP contribution is -2.54. The minimum atomic E-state index is -0.283. The van der Waals surface area contributed by atoms with E-state index in [9.17, 15) is 14.4 Å². The number of hydrogen-bond acceptors (Lipinski definition) is 3. The van der Waals surface area contributed by atoms with Crippen LogP contribution in [-0.4, -0.2) is 59.7 Å². The van der Waals surface area contributed by atoms with Crippen molar-refractivity contribution in [2.45, 2.75) is 25.3 Å². The molecule has 3 amide bonds. The Bertz CT molecular complexity index is 671. The summed E-state index contributed by atoms with van der Waals surface area (Å²) in [5.74, 6) is -0.309. The van der Waals surface area contributed by atoms with Gasteiger partial charge in [0.1, 0.15) is 6.54 Å². The lowest BCUT2D eigenvalue weighted by atomic mass is 10.1. The van der Waals surface area contributed by atoms with Gasteiger partial charge in [0, 0.05) is 37.8 Å². The number of anilines is 1. The molecule has 0 aromatic heterocycles. The smallest absolute Gasteiger partial charge is 0.246 e. The van der Waals surface area contributed by atoms with Crippen LogP contribution >= 0.6 is 0 Å². The Kier molecular flexibility index (Phi) is 3.75. The van der Waals surface area contributed by atoms with Gasteiger partial charge in [0.25, 0.3) is 0 Å². The molecule has 3 aliphatic rings. The molecule has 24 heavy (non-hydrogen) atoms. The van der Waals surface area contributed by atoms with Crippen LogP contribution in [0.15, 0.2) is 30.3 Å². The first kappa shape index (κ1) is 15.2. The van der Waals surface area contributed by atoms with Crippen LogP contribution in [0.25, 0.3) is 0 Å². The Morgan fingerprint density at radius 2 is 1.75 bits per heavy atom. The Morgan fingerprint density at radius 3 is 2.42 bits per heavy atom. The van der Waals surface area contributed by atoms with Gasteiger partial charge in [-0.1, -0.05) is 18.2 Å². The van der Waals surface area contributed by atoms with Crippen LogP contribution in [0.2, 0.25) is 0 Å². The van der Waals surface area contributed by atoms with Gasteiger partial charge in [-0.25, -0.2) is 0 Å². The molecular weight excluding hydrogens is 306 g/mol. The van der Waals surface area contributed by atoms with E-state index in [0.29, 0.717) is 32.1 Å². The normalized spacial score (nSPS) is 24.7. The summed E-state index contributed by atoms with van der Waals surface area (Å²) >= 11 is 0. The second-order valence-electron chi connectivity index (χ2n) is 6.82. The fourth-order valence-corrected chi connectivity index (χ4v) is 3.64. The minimum absolute atomic E-state index is 0.0486. The van der Waals surface area contributed by atoms with Crippen LogP contribution in [0.1, 0.15) is 19.3 Å². The van der Waals surface area contributed by atoms with Crippen LogP contribution in [0.3, 0.4) is 0 Å². The second-order valence-corrected chi connectivity index (χ2v) is 6.82. The van der Waals surface area contributed by atoms with Crippen molar-refractivity contribution in [3.8, 4) is 0 Å². The van der Waals surface area contributed by atoms with Crippen molar-refractivity contribution in [1.82, 2.24) is 9.80 Å². The van der Waals surface area contributed by atoms with Crippen molar-refractivity contribution < 1.29 is 14.4 Å². The standard InChI is InChI=1S/C18H21N3O3/c22-16-10-13(11-21(16)15-6-7-15)18(24)19-8-9-20(17(23)12-19)14-4-2-1-3-5-14/h1-5,13,15H,6-12H2/t13-/m0/s1. The summed E-state index contributed by atoms with van der Waals surface area (Å²) in [6.07, 6.45) is 2.41. The van der Waals surface area contributed by atoms with Gasteiger partial charge < -0.3 is 14.7 Å². The lowest BCUT2D eigenvalue weighted by Gasteiger charge is -2.35. The molecule has 0 N–H and O–H groups in total. The number of hydrogen-bond donors (Lipinski definition) is 0. The summed E-state index contributed by atoms with van der Waals surface area (Å²) in [5, 5.41) is 0. The molecule has 3 fully saturated rings. The Morgan fingerprint density at radius 1 is 1.00 bits per heavy atom. The number of amides is 3. The molecular formula is C18H21N3O3. The lowest BCUT2D eigenvalue weighted by molar-refractivity contribution is -0.140. The molecule has 6 heteroatoms. The predicted molar refractivity (Wildman–Crippen MR) is 88.2 cm³/mol. The monoisotopic (exact) mass is 327 g/mol. The number of piperazine rings is 1. The molecule has 1 aromatic carbocycles. The van der Waals surface area contributed by atoms with E-state index >= 15 is 0 Å². The zero-order chi connectivity index (χ0) is 16.7. The van der Waals surface area contributed by atoms with Gasteiger partial charge >= 0.3 is 0 Å². The van der Waals surface area contributed by atoms with Crippen molar-refractivity contribution in [3.63, 3.8) is 0 Å². The highest BCUT2D eigenvalue weighted by atomic mass is 16.2. The Hall–Kier alpha value is -2.37. The maximum absolute atomic E-state index is 12.7. The highest BCUT2D eigenvalue weighted by Crippen LogP contribution is 2.33. The van der Waals surface area contributed by atoms with Crippen LogP contribution in [0.5, 0.6) is 0 Å². The third-order valence-corrected chi connectivity index (χ3v) is 5.10. The van der Waals surface area contributed by atoms with E-state index in [1.54, 1.807) is 9.80 Å². The van der Waals surface area contributed by atoms with Gasteiger partial charge in [-0.3, -0.25) is 14.4 Å². The van der Waals surface area contributed by atoms with Crippen molar-refractivity contribution in [2.75, 3.05) is 31.1 Å². The van der Waals surface area contributed by atoms with Crippen molar-refractivity contribution in [1.29, 1.82) is 0 Å². The van der Waals surface area contributed by atoms with Gasteiger partial charge in [-0.2, -0.15) is 0 Å².